The van der Waals surface area contributed by atoms with Gasteiger partial charge in [0.1, 0.15) is 6.10 Å². The molecule has 6 nitrogen and oxygen atoms in total. The van der Waals surface area contributed by atoms with Crippen molar-refractivity contribution in [2.45, 2.75) is 64.2 Å². The molecule has 1 aliphatic heterocycles. The summed E-state index contributed by atoms with van der Waals surface area (Å²) < 4.78 is 19.6. The van der Waals surface area contributed by atoms with Crippen LogP contribution in [0.25, 0.3) is 0 Å². The van der Waals surface area contributed by atoms with Gasteiger partial charge in [0.2, 0.25) is 0 Å². The van der Waals surface area contributed by atoms with Crippen LogP contribution in [-0.4, -0.2) is 44.6 Å². The van der Waals surface area contributed by atoms with Crippen molar-refractivity contribution in [1.29, 1.82) is 0 Å². The molecular weight excluding hydrogens is 525 g/mol. The Kier molecular flexibility index (Phi) is 9.59. The van der Waals surface area contributed by atoms with Gasteiger partial charge in [-0.2, -0.15) is 0 Å². The molecule has 208 valence electrons. The Hall–Kier alpha value is -2.59. The third-order valence-corrected chi connectivity index (χ3v) is 12.1. The first-order chi connectivity index (χ1) is 18.6. The van der Waals surface area contributed by atoms with Crippen molar-refractivity contribution in [2.75, 3.05) is 13.2 Å². The molecule has 0 radical (unpaired) electrons. The zero-order chi connectivity index (χ0) is 27.9. The Labute approximate surface area is 239 Å². The summed E-state index contributed by atoms with van der Waals surface area (Å²) in [5.41, 5.74) is 3.90. The van der Waals surface area contributed by atoms with E-state index in [4.69, 9.17) is 31.0 Å². The first-order valence-electron chi connectivity index (χ1n) is 13.4. The van der Waals surface area contributed by atoms with Gasteiger partial charge in [-0.05, 0) is 47.0 Å². The summed E-state index contributed by atoms with van der Waals surface area (Å²) in [7, 11) is -2.73. The topological polar surface area (TPSA) is 61.0 Å². The largest absolute Gasteiger partial charge is 0.405 e. The Bertz CT molecular complexity index is 1150. The van der Waals surface area contributed by atoms with Gasteiger partial charge >= 0.3 is 0 Å². The van der Waals surface area contributed by atoms with E-state index in [0.29, 0.717) is 24.9 Å². The van der Waals surface area contributed by atoms with E-state index in [1.807, 2.05) is 56.3 Å². The molecule has 1 aliphatic rings. The van der Waals surface area contributed by atoms with Crippen molar-refractivity contribution in [3.05, 3.63) is 96.6 Å². The molecule has 0 aromatic heterocycles. The van der Waals surface area contributed by atoms with Gasteiger partial charge in [0.15, 0.2) is 10.9 Å². The van der Waals surface area contributed by atoms with E-state index < -0.39 is 14.1 Å². The van der Waals surface area contributed by atoms with Crippen molar-refractivity contribution >= 4 is 36.0 Å². The maximum atomic E-state index is 7.17. The van der Waals surface area contributed by atoms with E-state index in [-0.39, 0.29) is 17.2 Å². The fourth-order valence-electron chi connectivity index (χ4n) is 5.09. The molecule has 3 aromatic rings. The van der Waals surface area contributed by atoms with Crippen LogP contribution in [0.4, 0.5) is 0 Å². The molecule has 2 N–H and O–H groups in total. The quantitative estimate of drug-likeness (QED) is 0.222. The van der Waals surface area contributed by atoms with Crippen LogP contribution in [0.1, 0.15) is 40.2 Å². The number of thiocarbonyl (C=S) groups is 1. The van der Waals surface area contributed by atoms with Gasteiger partial charge in [0.05, 0.1) is 25.9 Å². The maximum absolute atomic E-state index is 7.17. The van der Waals surface area contributed by atoms with E-state index in [9.17, 15) is 0 Å². The molecule has 3 aromatic carbocycles. The number of hydrogen-bond donors (Lipinski definition) is 2. The lowest BCUT2D eigenvalue weighted by molar-refractivity contribution is -0.285. The summed E-state index contributed by atoms with van der Waals surface area (Å²) in [6.07, 6.45) is -0.302. The lowest BCUT2D eigenvalue weighted by atomic mass is 10.1. The van der Waals surface area contributed by atoms with Crippen LogP contribution in [0.2, 0.25) is 5.04 Å². The predicted octanol–water partition coefficient (Wildman–Crippen LogP) is 4.68. The van der Waals surface area contributed by atoms with Crippen LogP contribution in [-0.2, 0) is 25.3 Å². The summed E-state index contributed by atoms with van der Waals surface area (Å²) in [5, 5.41) is 6.02. The molecule has 1 saturated heterocycles. The minimum atomic E-state index is -2.73. The van der Waals surface area contributed by atoms with Crippen molar-refractivity contribution in [2.24, 2.45) is 0 Å². The molecule has 0 unspecified atom stereocenters. The summed E-state index contributed by atoms with van der Waals surface area (Å²) in [4.78, 5) is 5.61. The minimum Gasteiger partial charge on any atom is -0.405 e. The first kappa shape index (κ1) is 29.4. The molecule has 0 bridgehead atoms. The van der Waals surface area contributed by atoms with Crippen molar-refractivity contribution in [1.82, 2.24) is 10.8 Å². The van der Waals surface area contributed by atoms with Gasteiger partial charge in [0, 0.05) is 0 Å². The Morgan fingerprint density at radius 3 is 2.00 bits per heavy atom. The van der Waals surface area contributed by atoms with Crippen molar-refractivity contribution < 1.29 is 18.7 Å². The molecule has 0 aliphatic carbocycles. The average Bonchev–Trinajstić information content (AvgIpc) is 2.91. The number of benzene rings is 3. The van der Waals surface area contributed by atoms with Gasteiger partial charge < -0.3 is 19.2 Å². The standard InChI is InChI=1S/C31H40N2O4SSi/c1-30(2,3)39(25-17-11-7-12-18-25,26-19-13-8-14-20-26)36-23-28-27(22-34-31(4,5)37-28)32-29(38)33-35-21-24-15-9-6-10-16-24/h6-20,27-28H,21-23H2,1-5H3,(H2,32,33,38)/t27-,28+/m1/s1. The average molecular weight is 565 g/mol. The van der Waals surface area contributed by atoms with Crippen LogP contribution in [0, 0.1) is 0 Å². The molecule has 1 heterocycles. The third kappa shape index (κ3) is 7.33. The fourth-order valence-corrected chi connectivity index (χ4v) is 9.87. The SMILES string of the molecule is CC1(C)OC[C@@H](NC(=S)NOCc2ccccc2)[C@H](CO[Si](c2ccccc2)(c2ccccc2)C(C)(C)C)O1. The van der Waals surface area contributed by atoms with Crippen LogP contribution in [0.3, 0.4) is 0 Å². The summed E-state index contributed by atoms with van der Waals surface area (Å²) in [6, 6.07) is 30.9. The van der Waals surface area contributed by atoms with E-state index in [0.717, 1.165) is 5.56 Å². The second-order valence-corrected chi connectivity index (χ2v) is 16.0. The predicted molar refractivity (Wildman–Crippen MR) is 162 cm³/mol. The smallest absolute Gasteiger partial charge is 0.261 e. The maximum Gasteiger partial charge on any atom is 0.261 e. The number of hydroxylamine groups is 1. The van der Waals surface area contributed by atoms with E-state index >= 15 is 0 Å². The second kappa shape index (κ2) is 12.7. The third-order valence-electron chi connectivity index (χ3n) is 6.94. The Balaban J connectivity index is 1.53. The fraction of sp³-hybridized carbons (Fsp3) is 0.387. The molecular formula is C31H40N2O4SSi. The van der Waals surface area contributed by atoms with Crippen molar-refractivity contribution in [3.63, 3.8) is 0 Å². The summed E-state index contributed by atoms with van der Waals surface area (Å²) in [6.45, 7) is 11.9. The van der Waals surface area contributed by atoms with Crippen LogP contribution < -0.4 is 21.2 Å². The highest BCUT2D eigenvalue weighted by Gasteiger charge is 2.51. The van der Waals surface area contributed by atoms with Gasteiger partial charge in [-0.25, -0.2) is 5.48 Å². The molecule has 0 amide bonds. The highest BCUT2D eigenvalue weighted by atomic mass is 32.1. The molecule has 8 heteroatoms. The second-order valence-electron chi connectivity index (χ2n) is 11.3. The lowest BCUT2D eigenvalue weighted by Gasteiger charge is -2.46. The Morgan fingerprint density at radius 1 is 0.923 bits per heavy atom. The zero-order valence-corrected chi connectivity index (χ0v) is 25.3. The van der Waals surface area contributed by atoms with E-state index in [1.165, 1.54) is 10.4 Å². The molecule has 0 spiro atoms. The number of nitrogens with one attached hydrogen (secondary N) is 2. The lowest BCUT2D eigenvalue weighted by Crippen LogP contribution is -2.68. The van der Waals surface area contributed by atoms with Crippen LogP contribution >= 0.6 is 12.2 Å². The zero-order valence-electron chi connectivity index (χ0n) is 23.5. The van der Waals surface area contributed by atoms with E-state index in [2.05, 4.69) is 80.1 Å². The normalized spacial score (nSPS) is 19.3. The van der Waals surface area contributed by atoms with Gasteiger partial charge in [-0.15, -0.1) is 0 Å². The Morgan fingerprint density at radius 2 is 1.46 bits per heavy atom. The monoisotopic (exact) mass is 564 g/mol. The number of ether oxygens (including phenoxy) is 2. The highest BCUT2D eigenvalue weighted by Crippen LogP contribution is 2.37. The summed E-state index contributed by atoms with van der Waals surface area (Å²) >= 11 is 5.54. The van der Waals surface area contributed by atoms with Crippen LogP contribution in [0.5, 0.6) is 0 Å². The molecule has 39 heavy (non-hydrogen) atoms. The number of rotatable bonds is 9. The molecule has 4 rings (SSSR count). The van der Waals surface area contributed by atoms with Gasteiger partial charge in [-0.3, -0.25) is 4.84 Å². The van der Waals surface area contributed by atoms with Gasteiger partial charge in [0.25, 0.3) is 8.32 Å². The molecule has 2 atom stereocenters. The first-order valence-corrected chi connectivity index (χ1v) is 15.7. The highest BCUT2D eigenvalue weighted by molar-refractivity contribution is 7.80. The van der Waals surface area contributed by atoms with Gasteiger partial charge in [-0.1, -0.05) is 112 Å². The van der Waals surface area contributed by atoms with Crippen LogP contribution in [0.15, 0.2) is 91.0 Å². The molecule has 1 fully saturated rings. The van der Waals surface area contributed by atoms with E-state index in [1.54, 1.807) is 0 Å². The minimum absolute atomic E-state index is 0.137. The molecule has 0 saturated carbocycles. The summed E-state index contributed by atoms with van der Waals surface area (Å²) in [5.74, 6) is -0.740. The van der Waals surface area contributed by atoms with Crippen molar-refractivity contribution in [3.8, 4) is 0 Å². The number of hydrogen-bond acceptors (Lipinski definition) is 5.